The van der Waals surface area contributed by atoms with Crippen LogP contribution in [0.15, 0.2) is 12.2 Å². The number of fused-ring (bicyclic) bond motifs is 7. The summed E-state index contributed by atoms with van der Waals surface area (Å²) in [7, 11) is 0. The number of hydrogen-bond donors (Lipinski definition) is 0. The molecule has 0 unspecified atom stereocenters. The fourth-order valence-electron chi connectivity index (χ4n) is 14.2. The predicted octanol–water partition coefficient (Wildman–Crippen LogP) is 8.13. The summed E-state index contributed by atoms with van der Waals surface area (Å²) in [5.74, 6) is 0.539. The highest BCUT2D eigenvalue weighted by molar-refractivity contribution is 5.68. The molecule has 0 radical (unpaired) electrons. The number of carbonyl (C=O) groups excluding carboxylic acids is 4. The van der Waals surface area contributed by atoms with Gasteiger partial charge in [0.05, 0.1) is 6.10 Å². The van der Waals surface area contributed by atoms with Crippen LogP contribution in [0, 0.1) is 56.7 Å². The molecule has 0 amide bonds. The highest BCUT2D eigenvalue weighted by Crippen LogP contribution is 2.77. The molecule has 0 aromatic carbocycles. The normalized spacial score (nSPS) is 46.4. The SMILES string of the molecule is C=C(C)[C@@H]1CC[C@]2(C)CC[C@]3(C)[C@H](CC[C@@H]4[C@@]5(C)CC[C@H](O[C@H]6O[C@H](COC(C)=O)[C@@H](OC(C)=O)[C@H](OC(C)=O)[C@@H]6OC(C)=O)C(C)(C)[C@@H]5CC[C@]43C)[C@@H]12. The second kappa shape index (κ2) is 14.5. The number of ether oxygens (including phenoxy) is 6. The fraction of sp³-hybridized carbons (Fsp3) is 0.864. The summed E-state index contributed by atoms with van der Waals surface area (Å²) in [5, 5.41) is 0. The third kappa shape index (κ3) is 6.75. The summed E-state index contributed by atoms with van der Waals surface area (Å²) >= 11 is 0. The van der Waals surface area contributed by atoms with E-state index in [4.69, 9.17) is 28.4 Å². The monoisotopic (exact) mass is 756 g/mol. The van der Waals surface area contributed by atoms with Crippen molar-refractivity contribution in [3.63, 3.8) is 0 Å². The zero-order chi connectivity index (χ0) is 39.8. The fourth-order valence-corrected chi connectivity index (χ4v) is 14.2. The summed E-state index contributed by atoms with van der Waals surface area (Å²) in [4.78, 5) is 49.1. The van der Waals surface area contributed by atoms with Gasteiger partial charge in [0.25, 0.3) is 0 Å². The van der Waals surface area contributed by atoms with Gasteiger partial charge in [0, 0.05) is 27.7 Å². The molecule has 15 atom stereocenters. The predicted molar refractivity (Wildman–Crippen MR) is 201 cm³/mol. The lowest BCUT2D eigenvalue weighted by Crippen LogP contribution is -2.67. The molecule has 0 aromatic rings. The highest BCUT2D eigenvalue weighted by atomic mass is 16.7. The standard InChI is InChI=1S/C44H68O10/c1-24(2)29-15-18-41(9)21-22-43(11)30(35(29)41)13-14-33-42(10)19-17-34(40(7,8)32(42)16-20-44(33,43)12)54-39-38(52-28(6)48)37(51-27(5)47)36(50-26(4)46)31(53-39)23-49-25(3)45/h29-39H,1,13-23H2,2-12H3/t29-,30+,31+,32-,33+,34-,35+,36+,37-,38-,39+,41+,42-,43+,44+/m0/s1. The second-order valence-corrected chi connectivity index (χ2v) is 19.9. The molecular formula is C44H68O10. The van der Waals surface area contributed by atoms with Crippen LogP contribution < -0.4 is 0 Å². The summed E-state index contributed by atoms with van der Waals surface area (Å²) in [6, 6.07) is 0. The van der Waals surface area contributed by atoms with E-state index in [1.54, 1.807) is 0 Å². The van der Waals surface area contributed by atoms with Gasteiger partial charge in [-0.3, -0.25) is 19.2 Å². The molecule has 6 aliphatic rings. The van der Waals surface area contributed by atoms with Crippen LogP contribution in [-0.4, -0.2) is 67.3 Å². The van der Waals surface area contributed by atoms with Crippen LogP contribution in [0.5, 0.6) is 0 Å². The van der Waals surface area contributed by atoms with Crippen molar-refractivity contribution in [2.45, 2.75) is 177 Å². The van der Waals surface area contributed by atoms with Crippen LogP contribution in [0.1, 0.15) is 140 Å². The van der Waals surface area contributed by atoms with E-state index in [0.717, 1.165) is 31.1 Å². The molecule has 5 aliphatic carbocycles. The van der Waals surface area contributed by atoms with Gasteiger partial charge in [-0.1, -0.05) is 53.7 Å². The minimum atomic E-state index is -1.25. The van der Waals surface area contributed by atoms with Gasteiger partial charge in [-0.05, 0) is 128 Å². The molecule has 0 N–H and O–H groups in total. The third-order valence-electron chi connectivity index (χ3n) is 16.7. The topological polar surface area (TPSA) is 124 Å². The largest absolute Gasteiger partial charge is 0.463 e. The van der Waals surface area contributed by atoms with Gasteiger partial charge in [-0.2, -0.15) is 0 Å². The molecule has 1 saturated heterocycles. The first-order chi connectivity index (χ1) is 25.1. The Bertz CT molecular complexity index is 1510. The molecule has 10 nitrogen and oxygen atoms in total. The Balaban J connectivity index is 1.28. The minimum absolute atomic E-state index is 0.107. The summed E-state index contributed by atoms with van der Waals surface area (Å²) in [5.41, 5.74) is 2.13. The van der Waals surface area contributed by atoms with Gasteiger partial charge < -0.3 is 28.4 Å². The van der Waals surface area contributed by atoms with E-state index < -0.39 is 54.6 Å². The molecule has 1 aliphatic heterocycles. The van der Waals surface area contributed by atoms with E-state index in [1.165, 1.54) is 78.2 Å². The molecule has 6 fully saturated rings. The van der Waals surface area contributed by atoms with E-state index >= 15 is 0 Å². The maximum atomic E-state index is 12.5. The lowest BCUT2D eigenvalue weighted by Gasteiger charge is -2.73. The van der Waals surface area contributed by atoms with Crippen molar-refractivity contribution in [2.24, 2.45) is 56.7 Å². The molecule has 0 aromatic heterocycles. The van der Waals surface area contributed by atoms with Crippen molar-refractivity contribution < 1.29 is 47.6 Å². The van der Waals surface area contributed by atoms with Crippen molar-refractivity contribution in [2.75, 3.05) is 6.61 Å². The first-order valence-corrected chi connectivity index (χ1v) is 20.7. The van der Waals surface area contributed by atoms with Crippen LogP contribution in [-0.2, 0) is 47.6 Å². The molecule has 0 bridgehead atoms. The zero-order valence-corrected chi connectivity index (χ0v) is 34.9. The Morgan fingerprint density at radius 1 is 0.648 bits per heavy atom. The van der Waals surface area contributed by atoms with Crippen LogP contribution in [0.3, 0.4) is 0 Å². The number of carbonyl (C=O) groups is 4. The third-order valence-corrected chi connectivity index (χ3v) is 16.7. The van der Waals surface area contributed by atoms with Gasteiger partial charge >= 0.3 is 23.9 Å². The molecular weight excluding hydrogens is 688 g/mol. The Kier molecular flexibility index (Phi) is 11.0. The number of allylic oxidation sites excluding steroid dienone is 1. The highest BCUT2D eigenvalue weighted by Gasteiger charge is 2.70. The molecule has 304 valence electrons. The first-order valence-electron chi connectivity index (χ1n) is 20.7. The van der Waals surface area contributed by atoms with Crippen molar-refractivity contribution >= 4 is 23.9 Å². The molecule has 6 rings (SSSR count). The zero-order valence-electron chi connectivity index (χ0n) is 34.9. The van der Waals surface area contributed by atoms with Crippen molar-refractivity contribution in [3.05, 3.63) is 12.2 Å². The van der Waals surface area contributed by atoms with Crippen molar-refractivity contribution in [1.82, 2.24) is 0 Å². The summed E-state index contributed by atoms with van der Waals surface area (Å²) < 4.78 is 35.7. The quantitative estimate of drug-likeness (QED) is 0.104. The average molecular weight is 757 g/mol. The molecule has 10 heteroatoms. The van der Waals surface area contributed by atoms with E-state index in [2.05, 4.69) is 55.0 Å². The Hall–Kier alpha value is -2.46. The smallest absolute Gasteiger partial charge is 0.303 e. The van der Waals surface area contributed by atoms with E-state index in [1.807, 2.05) is 0 Å². The molecule has 0 spiro atoms. The average Bonchev–Trinajstić information content (AvgIpc) is 3.41. The Labute approximate surface area is 323 Å². The Morgan fingerprint density at radius 3 is 1.89 bits per heavy atom. The van der Waals surface area contributed by atoms with Crippen LogP contribution >= 0.6 is 0 Å². The van der Waals surface area contributed by atoms with Crippen molar-refractivity contribution in [1.29, 1.82) is 0 Å². The molecule has 54 heavy (non-hydrogen) atoms. The second-order valence-electron chi connectivity index (χ2n) is 19.9. The number of hydrogen-bond acceptors (Lipinski definition) is 10. The summed E-state index contributed by atoms with van der Waals surface area (Å²) in [6.07, 6.45) is 5.65. The lowest BCUT2D eigenvalue weighted by molar-refractivity contribution is -0.334. The van der Waals surface area contributed by atoms with Crippen LogP contribution in [0.25, 0.3) is 0 Å². The molecule has 1 heterocycles. The van der Waals surface area contributed by atoms with E-state index in [9.17, 15) is 19.2 Å². The van der Waals surface area contributed by atoms with Crippen LogP contribution in [0.4, 0.5) is 0 Å². The Morgan fingerprint density at radius 2 is 1.28 bits per heavy atom. The summed E-state index contributed by atoms with van der Waals surface area (Å²) in [6.45, 7) is 26.6. The molecule has 5 saturated carbocycles. The maximum absolute atomic E-state index is 12.5. The number of esters is 4. The van der Waals surface area contributed by atoms with E-state index in [0.29, 0.717) is 23.2 Å². The van der Waals surface area contributed by atoms with Gasteiger partial charge in [-0.25, -0.2) is 0 Å². The van der Waals surface area contributed by atoms with Gasteiger partial charge in [0.1, 0.15) is 12.7 Å². The number of rotatable bonds is 8. The van der Waals surface area contributed by atoms with E-state index in [-0.39, 0.29) is 34.4 Å². The van der Waals surface area contributed by atoms with Gasteiger partial charge in [0.2, 0.25) is 0 Å². The minimum Gasteiger partial charge on any atom is -0.463 e. The van der Waals surface area contributed by atoms with Crippen LogP contribution in [0.2, 0.25) is 0 Å². The van der Waals surface area contributed by atoms with Crippen molar-refractivity contribution in [3.8, 4) is 0 Å². The van der Waals surface area contributed by atoms with Gasteiger partial charge in [0.15, 0.2) is 24.6 Å². The lowest BCUT2D eigenvalue weighted by atomic mass is 9.32. The maximum Gasteiger partial charge on any atom is 0.303 e. The van der Waals surface area contributed by atoms with Gasteiger partial charge in [-0.15, -0.1) is 0 Å². The first kappa shape index (κ1) is 41.2.